The van der Waals surface area contributed by atoms with Gasteiger partial charge in [0.05, 0.1) is 23.4 Å². The highest BCUT2D eigenvalue weighted by molar-refractivity contribution is 6.35. The largest absolute Gasteiger partial charge is 0.494 e. The Labute approximate surface area is 220 Å². The first-order valence-corrected chi connectivity index (χ1v) is 12.1. The Balaban J connectivity index is 1.47. The van der Waals surface area contributed by atoms with Gasteiger partial charge in [-0.2, -0.15) is 5.10 Å². The van der Waals surface area contributed by atoms with Crippen molar-refractivity contribution in [1.82, 2.24) is 5.43 Å². The number of carbonyl (C=O) groups is 2. The number of esters is 1. The van der Waals surface area contributed by atoms with Crippen LogP contribution in [0.25, 0.3) is 0 Å². The van der Waals surface area contributed by atoms with Gasteiger partial charge in [-0.3, -0.25) is 4.79 Å². The quantitative estimate of drug-likeness (QED) is 0.103. The maximum atomic E-state index is 12.4. The van der Waals surface area contributed by atoms with Crippen molar-refractivity contribution in [1.29, 1.82) is 0 Å². The van der Waals surface area contributed by atoms with E-state index in [1.54, 1.807) is 67.6 Å². The van der Waals surface area contributed by atoms with Gasteiger partial charge in [-0.1, -0.05) is 36.5 Å². The summed E-state index contributed by atoms with van der Waals surface area (Å²) in [5.74, 6) is 0.508. The fourth-order valence-corrected chi connectivity index (χ4v) is 3.34. The lowest BCUT2D eigenvalue weighted by Gasteiger charge is -2.14. The molecule has 1 N–H and O–H groups in total. The topological polar surface area (TPSA) is 86.2 Å². The Morgan fingerprint density at radius 1 is 1.00 bits per heavy atom. The summed E-state index contributed by atoms with van der Waals surface area (Å²) in [6, 6.07) is 18.2. The zero-order chi connectivity index (χ0) is 25.9. The van der Waals surface area contributed by atoms with Crippen LogP contribution in [0.15, 0.2) is 71.8 Å². The van der Waals surface area contributed by atoms with Gasteiger partial charge in [0.2, 0.25) is 0 Å². The highest BCUT2D eigenvalue weighted by Gasteiger charge is 2.16. The maximum Gasteiger partial charge on any atom is 0.343 e. The van der Waals surface area contributed by atoms with Gasteiger partial charge in [-0.15, -0.1) is 0 Å². The van der Waals surface area contributed by atoms with Gasteiger partial charge in [-0.25, -0.2) is 10.2 Å². The number of hydrogen-bond donors (Lipinski definition) is 1. The van der Waals surface area contributed by atoms with E-state index in [0.717, 1.165) is 12.8 Å². The van der Waals surface area contributed by atoms with Crippen LogP contribution in [-0.2, 0) is 4.79 Å². The van der Waals surface area contributed by atoms with E-state index in [0.29, 0.717) is 45.0 Å². The summed E-state index contributed by atoms with van der Waals surface area (Å²) in [6.45, 7) is 4.31. The molecule has 188 valence electrons. The third kappa shape index (κ3) is 8.29. The summed E-state index contributed by atoms with van der Waals surface area (Å²) in [5.41, 5.74) is 3.52. The lowest BCUT2D eigenvalue weighted by Crippen LogP contribution is -2.33. The molecule has 0 aromatic heterocycles. The Morgan fingerprint density at radius 3 is 2.36 bits per heavy atom. The van der Waals surface area contributed by atoms with E-state index in [2.05, 4.69) is 17.5 Å². The molecule has 9 heteroatoms. The second-order valence-corrected chi connectivity index (χ2v) is 8.60. The first-order valence-electron chi connectivity index (χ1n) is 11.4. The predicted molar refractivity (Wildman–Crippen MR) is 141 cm³/mol. The second kappa shape index (κ2) is 13.5. The summed E-state index contributed by atoms with van der Waals surface area (Å²) in [6.07, 6.45) is 2.66. The van der Waals surface area contributed by atoms with Crippen molar-refractivity contribution in [3.05, 3.63) is 87.9 Å². The zero-order valence-electron chi connectivity index (χ0n) is 19.9. The first-order chi connectivity index (χ1) is 17.4. The van der Waals surface area contributed by atoms with Crippen LogP contribution in [0.5, 0.6) is 17.2 Å². The number of carbonyl (C=O) groups excluding carboxylic acids is 2. The van der Waals surface area contributed by atoms with E-state index in [1.165, 1.54) is 12.3 Å². The Bertz CT molecular complexity index is 1200. The molecule has 0 aliphatic carbocycles. The van der Waals surface area contributed by atoms with Crippen LogP contribution >= 0.6 is 23.2 Å². The van der Waals surface area contributed by atoms with Crippen molar-refractivity contribution < 1.29 is 23.8 Å². The molecule has 1 atom stereocenters. The van der Waals surface area contributed by atoms with Crippen LogP contribution in [-0.4, -0.2) is 30.8 Å². The Morgan fingerprint density at radius 2 is 1.69 bits per heavy atom. The monoisotopic (exact) mass is 528 g/mol. The molecule has 3 rings (SSSR count). The average Bonchev–Trinajstić information content (AvgIpc) is 2.87. The summed E-state index contributed by atoms with van der Waals surface area (Å²) in [5, 5.41) is 4.71. The van der Waals surface area contributed by atoms with E-state index in [-0.39, 0.29) is 0 Å². The number of hydrazone groups is 1. The lowest BCUT2D eigenvalue weighted by molar-refractivity contribution is -0.127. The molecule has 1 unspecified atom stereocenters. The molecule has 0 radical (unpaired) electrons. The fourth-order valence-electron chi connectivity index (χ4n) is 2.89. The molecule has 0 aliphatic rings. The normalized spacial score (nSPS) is 11.7. The molecule has 0 fully saturated rings. The number of hydrogen-bond acceptors (Lipinski definition) is 6. The van der Waals surface area contributed by atoms with Crippen LogP contribution in [0.3, 0.4) is 0 Å². The Hall–Kier alpha value is -3.55. The molecule has 0 aliphatic heterocycles. The molecular formula is C27H26Cl2N2O5. The Kier molecular flexibility index (Phi) is 10.2. The zero-order valence-corrected chi connectivity index (χ0v) is 21.4. The highest BCUT2D eigenvalue weighted by atomic mass is 35.5. The number of nitrogens with zero attached hydrogens (tertiary/aromatic N) is 1. The van der Waals surface area contributed by atoms with E-state index in [4.69, 9.17) is 37.4 Å². The van der Waals surface area contributed by atoms with Crippen LogP contribution < -0.4 is 19.6 Å². The van der Waals surface area contributed by atoms with Crippen molar-refractivity contribution >= 4 is 41.3 Å². The van der Waals surface area contributed by atoms with Gasteiger partial charge < -0.3 is 14.2 Å². The molecule has 0 saturated heterocycles. The van der Waals surface area contributed by atoms with Crippen molar-refractivity contribution in [2.75, 3.05) is 6.61 Å². The van der Waals surface area contributed by atoms with Crippen molar-refractivity contribution in [2.45, 2.75) is 32.8 Å². The standard InChI is InChI=1S/C27H26Cl2N2O5/c1-3-4-15-34-22-12-7-20(8-13-22)27(33)36-23-10-5-19(6-11-23)17-30-31-26(32)18(2)35-25-14-9-21(28)16-24(25)29/h5-14,16-18H,3-4,15H2,1-2H3,(H,31,32). The van der Waals surface area contributed by atoms with Crippen molar-refractivity contribution in [2.24, 2.45) is 5.10 Å². The molecule has 3 aromatic rings. The van der Waals surface area contributed by atoms with Crippen LogP contribution in [0.2, 0.25) is 10.0 Å². The molecule has 36 heavy (non-hydrogen) atoms. The summed E-state index contributed by atoms with van der Waals surface area (Å²) < 4.78 is 16.6. The average molecular weight is 529 g/mol. The molecule has 3 aromatic carbocycles. The van der Waals surface area contributed by atoms with Crippen LogP contribution in [0.4, 0.5) is 0 Å². The highest BCUT2D eigenvalue weighted by Crippen LogP contribution is 2.28. The van der Waals surface area contributed by atoms with E-state index >= 15 is 0 Å². The number of halogens is 2. The smallest absolute Gasteiger partial charge is 0.343 e. The fraction of sp³-hybridized carbons (Fsp3) is 0.222. The number of ether oxygens (including phenoxy) is 3. The molecule has 0 spiro atoms. The van der Waals surface area contributed by atoms with Gasteiger partial charge in [0.25, 0.3) is 5.91 Å². The maximum absolute atomic E-state index is 12.4. The number of benzene rings is 3. The minimum atomic E-state index is -0.834. The van der Waals surface area contributed by atoms with Crippen LogP contribution in [0, 0.1) is 0 Å². The van der Waals surface area contributed by atoms with Gasteiger partial charge in [0.15, 0.2) is 6.10 Å². The SMILES string of the molecule is CCCCOc1ccc(C(=O)Oc2ccc(C=NNC(=O)C(C)Oc3ccc(Cl)cc3Cl)cc2)cc1. The van der Waals surface area contributed by atoms with Gasteiger partial charge in [0.1, 0.15) is 17.2 Å². The first kappa shape index (κ1) is 27.0. The van der Waals surface area contributed by atoms with E-state index in [1.807, 2.05) is 0 Å². The summed E-state index contributed by atoms with van der Waals surface area (Å²) in [4.78, 5) is 24.6. The van der Waals surface area contributed by atoms with E-state index < -0.39 is 18.0 Å². The molecule has 7 nitrogen and oxygen atoms in total. The van der Waals surface area contributed by atoms with Gasteiger partial charge in [-0.05, 0) is 85.6 Å². The number of rotatable bonds is 11. The lowest BCUT2D eigenvalue weighted by atomic mass is 10.2. The van der Waals surface area contributed by atoms with Crippen molar-refractivity contribution in [3.63, 3.8) is 0 Å². The third-order valence-corrected chi connectivity index (χ3v) is 5.43. The number of unbranched alkanes of at least 4 members (excludes halogenated alkanes) is 1. The second-order valence-electron chi connectivity index (χ2n) is 7.75. The minimum absolute atomic E-state index is 0.305. The summed E-state index contributed by atoms with van der Waals surface area (Å²) >= 11 is 11.9. The van der Waals surface area contributed by atoms with Crippen LogP contribution in [0.1, 0.15) is 42.6 Å². The molecule has 0 saturated carbocycles. The molecular weight excluding hydrogens is 503 g/mol. The van der Waals surface area contributed by atoms with Crippen molar-refractivity contribution in [3.8, 4) is 17.2 Å². The molecule has 1 amide bonds. The molecule has 0 bridgehead atoms. The number of amides is 1. The van der Waals surface area contributed by atoms with E-state index in [9.17, 15) is 9.59 Å². The van der Waals surface area contributed by atoms with Gasteiger partial charge in [0, 0.05) is 5.02 Å². The third-order valence-electron chi connectivity index (χ3n) is 4.90. The number of nitrogens with one attached hydrogen (secondary N) is 1. The summed E-state index contributed by atoms with van der Waals surface area (Å²) in [7, 11) is 0. The molecule has 0 heterocycles. The predicted octanol–water partition coefficient (Wildman–Crippen LogP) is 6.31. The van der Waals surface area contributed by atoms with Gasteiger partial charge >= 0.3 is 5.97 Å². The minimum Gasteiger partial charge on any atom is -0.494 e.